The molecule has 0 unspecified atom stereocenters. The lowest BCUT2D eigenvalue weighted by Crippen LogP contribution is -2.38. The third-order valence-electron chi connectivity index (χ3n) is 1.50. The van der Waals surface area contributed by atoms with Gasteiger partial charge in [-0.1, -0.05) is 0 Å². The first-order chi connectivity index (χ1) is 4.62. The number of ether oxygens (including phenoxy) is 2. The van der Waals surface area contributed by atoms with Gasteiger partial charge in [-0.25, -0.2) is 0 Å². The first kappa shape index (κ1) is 7.98. The predicted molar refractivity (Wildman–Crippen MR) is 38.9 cm³/mol. The summed E-state index contributed by atoms with van der Waals surface area (Å²) in [6, 6.07) is 0. The summed E-state index contributed by atoms with van der Waals surface area (Å²) < 4.78 is 10.8. The molecule has 1 fully saturated rings. The quantitative estimate of drug-likeness (QED) is 0.558. The van der Waals surface area contributed by atoms with Gasteiger partial charge in [-0.05, 0) is 21.0 Å². The molecule has 1 aliphatic heterocycles. The molecule has 0 bridgehead atoms. The van der Waals surface area contributed by atoms with Gasteiger partial charge in [-0.2, -0.15) is 0 Å². The number of rotatable bonds is 2. The minimum atomic E-state index is -0.358. The zero-order valence-electron chi connectivity index (χ0n) is 6.89. The van der Waals surface area contributed by atoms with Gasteiger partial charge in [0.15, 0.2) is 5.79 Å². The highest BCUT2D eigenvalue weighted by molar-refractivity contribution is 4.70. The van der Waals surface area contributed by atoms with Crippen LogP contribution >= 0.6 is 0 Å². The molecule has 0 amide bonds. The monoisotopic (exact) mass is 145 g/mol. The zero-order chi connectivity index (χ0) is 7.61. The standard InChI is InChI=1S/C7H15NO2/c1-7(6-8(2)3)9-4-5-10-7/h4-6H2,1-3H3. The van der Waals surface area contributed by atoms with Crippen LogP contribution < -0.4 is 0 Å². The van der Waals surface area contributed by atoms with E-state index in [0.29, 0.717) is 0 Å². The van der Waals surface area contributed by atoms with Crippen LogP contribution in [0.5, 0.6) is 0 Å². The Morgan fingerprint density at radius 2 is 1.80 bits per heavy atom. The summed E-state index contributed by atoms with van der Waals surface area (Å²) in [5.41, 5.74) is 0. The Labute approximate surface area is 61.9 Å². The van der Waals surface area contributed by atoms with Crippen LogP contribution in [0.4, 0.5) is 0 Å². The first-order valence-corrected chi connectivity index (χ1v) is 3.55. The molecule has 0 saturated carbocycles. The molecule has 1 aliphatic rings. The smallest absolute Gasteiger partial charge is 0.178 e. The molecular weight excluding hydrogens is 130 g/mol. The van der Waals surface area contributed by atoms with Gasteiger partial charge in [-0.15, -0.1) is 0 Å². The van der Waals surface area contributed by atoms with E-state index in [-0.39, 0.29) is 5.79 Å². The molecule has 0 aromatic rings. The van der Waals surface area contributed by atoms with E-state index in [9.17, 15) is 0 Å². The molecule has 3 nitrogen and oxygen atoms in total. The van der Waals surface area contributed by atoms with Crippen molar-refractivity contribution in [3.05, 3.63) is 0 Å². The van der Waals surface area contributed by atoms with Gasteiger partial charge in [0.05, 0.1) is 19.8 Å². The van der Waals surface area contributed by atoms with Gasteiger partial charge in [0.25, 0.3) is 0 Å². The summed E-state index contributed by atoms with van der Waals surface area (Å²) in [7, 11) is 4.02. The van der Waals surface area contributed by atoms with Crippen LogP contribution in [0.2, 0.25) is 0 Å². The van der Waals surface area contributed by atoms with Gasteiger partial charge < -0.3 is 14.4 Å². The van der Waals surface area contributed by atoms with E-state index in [1.54, 1.807) is 0 Å². The fourth-order valence-electron chi connectivity index (χ4n) is 1.22. The van der Waals surface area contributed by atoms with Gasteiger partial charge in [0.2, 0.25) is 0 Å². The molecule has 0 N–H and O–H groups in total. The first-order valence-electron chi connectivity index (χ1n) is 3.55. The van der Waals surface area contributed by atoms with Crippen LogP contribution in [0.1, 0.15) is 6.92 Å². The minimum absolute atomic E-state index is 0.358. The lowest BCUT2D eigenvalue weighted by Gasteiger charge is -2.25. The van der Waals surface area contributed by atoms with Crippen molar-refractivity contribution in [3.63, 3.8) is 0 Å². The van der Waals surface area contributed by atoms with E-state index in [2.05, 4.69) is 4.90 Å². The zero-order valence-corrected chi connectivity index (χ0v) is 6.89. The van der Waals surface area contributed by atoms with Crippen molar-refractivity contribution < 1.29 is 9.47 Å². The van der Waals surface area contributed by atoms with E-state index in [1.807, 2.05) is 21.0 Å². The summed E-state index contributed by atoms with van der Waals surface area (Å²) in [6.07, 6.45) is 0. The summed E-state index contributed by atoms with van der Waals surface area (Å²) in [5.74, 6) is -0.358. The minimum Gasteiger partial charge on any atom is -0.347 e. The third kappa shape index (κ3) is 1.94. The van der Waals surface area contributed by atoms with Crippen molar-refractivity contribution in [3.8, 4) is 0 Å². The predicted octanol–water partition coefficient (Wildman–Crippen LogP) is 0.311. The molecule has 3 heteroatoms. The van der Waals surface area contributed by atoms with Crippen molar-refractivity contribution in [2.45, 2.75) is 12.7 Å². The molecule has 10 heavy (non-hydrogen) atoms. The van der Waals surface area contributed by atoms with E-state index >= 15 is 0 Å². The fraction of sp³-hybridized carbons (Fsp3) is 1.00. The topological polar surface area (TPSA) is 21.7 Å². The number of hydrogen-bond donors (Lipinski definition) is 0. The highest BCUT2D eigenvalue weighted by Crippen LogP contribution is 2.18. The second-order valence-electron chi connectivity index (χ2n) is 3.07. The lowest BCUT2D eigenvalue weighted by atomic mass is 10.3. The summed E-state index contributed by atoms with van der Waals surface area (Å²) >= 11 is 0. The number of likely N-dealkylation sites (N-methyl/N-ethyl adjacent to an activating group) is 1. The molecule has 1 rings (SSSR count). The molecule has 0 spiro atoms. The van der Waals surface area contributed by atoms with Crippen LogP contribution in [0.15, 0.2) is 0 Å². The van der Waals surface area contributed by atoms with Crippen molar-refractivity contribution in [1.29, 1.82) is 0 Å². The molecule has 1 saturated heterocycles. The second kappa shape index (κ2) is 2.86. The molecule has 1 heterocycles. The van der Waals surface area contributed by atoms with E-state index < -0.39 is 0 Å². The Balaban J connectivity index is 2.36. The molecule has 0 radical (unpaired) electrons. The maximum atomic E-state index is 5.39. The summed E-state index contributed by atoms with van der Waals surface area (Å²) in [6.45, 7) is 4.25. The number of hydrogen-bond acceptors (Lipinski definition) is 3. The summed E-state index contributed by atoms with van der Waals surface area (Å²) in [5, 5.41) is 0. The van der Waals surface area contributed by atoms with Gasteiger partial charge in [-0.3, -0.25) is 0 Å². The SMILES string of the molecule is CN(C)CC1(C)OCCO1. The molecule has 0 aromatic heterocycles. The van der Waals surface area contributed by atoms with Gasteiger partial charge in [0, 0.05) is 0 Å². The fourth-order valence-corrected chi connectivity index (χ4v) is 1.22. The Kier molecular flexibility index (Phi) is 2.28. The lowest BCUT2D eigenvalue weighted by molar-refractivity contribution is -0.151. The van der Waals surface area contributed by atoms with Crippen molar-refractivity contribution in [2.24, 2.45) is 0 Å². The van der Waals surface area contributed by atoms with Gasteiger partial charge in [0.1, 0.15) is 0 Å². The Morgan fingerprint density at radius 1 is 1.30 bits per heavy atom. The van der Waals surface area contributed by atoms with Crippen molar-refractivity contribution >= 4 is 0 Å². The van der Waals surface area contributed by atoms with Crippen LogP contribution in [0, 0.1) is 0 Å². The molecule has 0 aliphatic carbocycles. The van der Waals surface area contributed by atoms with E-state index in [1.165, 1.54) is 0 Å². The molecular formula is C7H15NO2. The van der Waals surface area contributed by atoms with Crippen molar-refractivity contribution in [1.82, 2.24) is 4.90 Å². The maximum Gasteiger partial charge on any atom is 0.178 e. The van der Waals surface area contributed by atoms with E-state index in [4.69, 9.17) is 9.47 Å². The average molecular weight is 145 g/mol. The van der Waals surface area contributed by atoms with E-state index in [0.717, 1.165) is 19.8 Å². The van der Waals surface area contributed by atoms with Crippen LogP contribution in [-0.2, 0) is 9.47 Å². The Bertz CT molecular complexity index is 108. The van der Waals surface area contributed by atoms with Crippen LogP contribution in [0.3, 0.4) is 0 Å². The van der Waals surface area contributed by atoms with Crippen molar-refractivity contribution in [2.75, 3.05) is 33.9 Å². The van der Waals surface area contributed by atoms with Crippen LogP contribution in [0.25, 0.3) is 0 Å². The van der Waals surface area contributed by atoms with Crippen LogP contribution in [-0.4, -0.2) is 44.5 Å². The molecule has 0 aromatic carbocycles. The third-order valence-corrected chi connectivity index (χ3v) is 1.50. The highest BCUT2D eigenvalue weighted by Gasteiger charge is 2.30. The summed E-state index contributed by atoms with van der Waals surface area (Å²) in [4.78, 5) is 2.06. The maximum absolute atomic E-state index is 5.39. The molecule has 60 valence electrons. The Morgan fingerprint density at radius 3 is 2.20 bits per heavy atom. The second-order valence-corrected chi connectivity index (χ2v) is 3.07. The largest absolute Gasteiger partial charge is 0.347 e. The molecule has 0 atom stereocenters. The van der Waals surface area contributed by atoms with Gasteiger partial charge >= 0.3 is 0 Å². The normalized spacial score (nSPS) is 24.0. The Hall–Kier alpha value is -0.120. The average Bonchev–Trinajstić information content (AvgIpc) is 2.12. The highest BCUT2D eigenvalue weighted by atomic mass is 16.7. The number of nitrogens with zero attached hydrogens (tertiary/aromatic N) is 1.